The van der Waals surface area contributed by atoms with Gasteiger partial charge in [0, 0.05) is 13.1 Å². The van der Waals surface area contributed by atoms with E-state index in [1.165, 1.54) is 0 Å². The van der Waals surface area contributed by atoms with Crippen LogP contribution in [0, 0.1) is 5.92 Å². The maximum Gasteiger partial charge on any atom is 0.296 e. The van der Waals surface area contributed by atoms with E-state index in [-0.39, 0.29) is 17.4 Å². The molecule has 1 aliphatic rings. The van der Waals surface area contributed by atoms with Gasteiger partial charge in [0.05, 0.1) is 25.2 Å². The van der Waals surface area contributed by atoms with Crippen LogP contribution in [0.25, 0.3) is 0 Å². The third-order valence-corrected chi connectivity index (χ3v) is 6.34. The number of benzene rings is 2. The molecule has 2 aromatic rings. The molecule has 1 atom stereocenters. The minimum absolute atomic E-state index is 0.211. The average molecular weight is 420 g/mol. The molecule has 29 heavy (non-hydrogen) atoms. The highest BCUT2D eigenvalue weighted by Gasteiger charge is 2.23. The first-order chi connectivity index (χ1) is 14.1. The fourth-order valence-electron chi connectivity index (χ4n) is 3.48. The van der Waals surface area contributed by atoms with Crippen LogP contribution in [0.5, 0.6) is 11.5 Å². The molecular formula is C22H29NO5S. The van der Waals surface area contributed by atoms with Crippen molar-refractivity contribution in [1.82, 2.24) is 4.90 Å². The van der Waals surface area contributed by atoms with Crippen LogP contribution in [0.4, 0.5) is 0 Å². The molecule has 0 aromatic heterocycles. The van der Waals surface area contributed by atoms with E-state index in [0.717, 1.165) is 50.4 Å². The summed E-state index contributed by atoms with van der Waals surface area (Å²) in [5, 5.41) is 0. The Kier molecular flexibility index (Phi) is 7.91. The van der Waals surface area contributed by atoms with Gasteiger partial charge in [-0.05, 0) is 68.1 Å². The van der Waals surface area contributed by atoms with Crippen molar-refractivity contribution in [2.24, 2.45) is 5.92 Å². The monoisotopic (exact) mass is 419 g/mol. The Hall–Kier alpha value is -2.09. The molecule has 0 bridgehead atoms. The highest BCUT2D eigenvalue weighted by atomic mass is 32.2. The van der Waals surface area contributed by atoms with E-state index >= 15 is 0 Å². The Labute approximate surface area is 173 Å². The van der Waals surface area contributed by atoms with Crippen LogP contribution in [-0.2, 0) is 14.3 Å². The Morgan fingerprint density at radius 1 is 1.03 bits per heavy atom. The van der Waals surface area contributed by atoms with Gasteiger partial charge in [-0.25, -0.2) is 0 Å². The molecule has 1 aliphatic heterocycles. The van der Waals surface area contributed by atoms with Crippen molar-refractivity contribution in [2.75, 3.05) is 40.0 Å². The lowest BCUT2D eigenvalue weighted by molar-refractivity contribution is 0.126. The van der Waals surface area contributed by atoms with Gasteiger partial charge in [-0.15, -0.1) is 0 Å². The predicted octanol–water partition coefficient (Wildman–Crippen LogP) is 3.58. The molecule has 1 saturated heterocycles. The molecule has 0 saturated carbocycles. The number of likely N-dealkylation sites (tertiary alicyclic amines) is 1. The fraction of sp³-hybridized carbons (Fsp3) is 0.455. The molecule has 3 rings (SSSR count). The van der Waals surface area contributed by atoms with Crippen LogP contribution >= 0.6 is 0 Å². The van der Waals surface area contributed by atoms with Crippen LogP contribution < -0.4 is 9.47 Å². The first-order valence-corrected chi connectivity index (χ1v) is 11.4. The van der Waals surface area contributed by atoms with Crippen LogP contribution in [-0.4, -0.2) is 53.3 Å². The summed E-state index contributed by atoms with van der Waals surface area (Å²) in [7, 11) is -2.04. The first kappa shape index (κ1) is 21.6. The predicted molar refractivity (Wildman–Crippen MR) is 112 cm³/mol. The minimum Gasteiger partial charge on any atom is -0.497 e. The van der Waals surface area contributed by atoms with Gasteiger partial charge in [0.1, 0.15) is 11.5 Å². The Balaban J connectivity index is 1.37. The summed E-state index contributed by atoms with van der Waals surface area (Å²) < 4.78 is 40.8. The Morgan fingerprint density at radius 3 is 2.48 bits per heavy atom. The van der Waals surface area contributed by atoms with Crippen molar-refractivity contribution < 1.29 is 22.1 Å². The number of methoxy groups -OCH3 is 1. The zero-order valence-electron chi connectivity index (χ0n) is 16.8. The molecule has 0 N–H and O–H groups in total. The topological polar surface area (TPSA) is 65.1 Å². The zero-order valence-corrected chi connectivity index (χ0v) is 17.6. The molecule has 6 nitrogen and oxygen atoms in total. The molecule has 0 radical (unpaired) electrons. The summed E-state index contributed by atoms with van der Waals surface area (Å²) in [4.78, 5) is 2.58. The highest BCUT2D eigenvalue weighted by molar-refractivity contribution is 7.86. The summed E-state index contributed by atoms with van der Waals surface area (Å²) >= 11 is 0. The summed E-state index contributed by atoms with van der Waals surface area (Å²) in [6.07, 6.45) is 2.96. The minimum atomic E-state index is -3.68. The standard InChI is InChI=1S/C22H29NO5S/c1-26-20-10-12-21(13-11-20)27-16-6-15-23-14-5-7-19(17-23)18-28-29(24,25)22-8-3-2-4-9-22/h2-4,8-13,19H,5-7,14-18H2,1H3. The van der Waals surface area contributed by atoms with E-state index in [1.807, 2.05) is 24.3 Å². The Morgan fingerprint density at radius 2 is 1.76 bits per heavy atom. The fourth-order valence-corrected chi connectivity index (χ4v) is 4.48. The van der Waals surface area contributed by atoms with Gasteiger partial charge in [0.2, 0.25) is 0 Å². The lowest BCUT2D eigenvalue weighted by Gasteiger charge is -2.32. The van der Waals surface area contributed by atoms with Gasteiger partial charge >= 0.3 is 0 Å². The summed E-state index contributed by atoms with van der Waals surface area (Å²) in [6, 6.07) is 15.9. The first-order valence-electron chi connectivity index (χ1n) is 10.0. The number of hydrogen-bond donors (Lipinski definition) is 0. The number of nitrogens with zero attached hydrogens (tertiary/aromatic N) is 1. The van der Waals surface area contributed by atoms with E-state index in [4.69, 9.17) is 13.7 Å². The summed E-state index contributed by atoms with van der Waals surface area (Å²) in [5.41, 5.74) is 0. The molecule has 2 aromatic carbocycles. The van der Waals surface area contributed by atoms with Crippen molar-refractivity contribution in [3.63, 3.8) is 0 Å². The summed E-state index contributed by atoms with van der Waals surface area (Å²) in [5.74, 6) is 1.87. The average Bonchev–Trinajstić information content (AvgIpc) is 2.77. The van der Waals surface area contributed by atoms with Crippen molar-refractivity contribution in [1.29, 1.82) is 0 Å². The van der Waals surface area contributed by atoms with E-state index < -0.39 is 10.1 Å². The van der Waals surface area contributed by atoms with E-state index in [0.29, 0.717) is 6.61 Å². The normalized spacial score (nSPS) is 17.8. The molecule has 0 aliphatic carbocycles. The van der Waals surface area contributed by atoms with Gasteiger partial charge in [0.15, 0.2) is 0 Å². The van der Waals surface area contributed by atoms with E-state index in [2.05, 4.69) is 4.90 Å². The molecular weight excluding hydrogens is 390 g/mol. The smallest absolute Gasteiger partial charge is 0.296 e. The zero-order chi connectivity index (χ0) is 20.5. The SMILES string of the molecule is COc1ccc(OCCCN2CCCC(COS(=O)(=O)c3ccccc3)C2)cc1. The molecule has 0 amide bonds. The molecule has 1 fully saturated rings. The molecule has 158 valence electrons. The Bertz CT molecular complexity index is 839. The lowest BCUT2D eigenvalue weighted by atomic mass is 9.99. The van der Waals surface area contributed by atoms with Crippen molar-refractivity contribution in [3.05, 3.63) is 54.6 Å². The van der Waals surface area contributed by atoms with Gasteiger partial charge in [-0.3, -0.25) is 4.18 Å². The second kappa shape index (κ2) is 10.6. The maximum atomic E-state index is 12.3. The van der Waals surface area contributed by atoms with Gasteiger partial charge in [-0.1, -0.05) is 18.2 Å². The number of piperidine rings is 1. The van der Waals surface area contributed by atoms with Crippen LogP contribution in [0.3, 0.4) is 0 Å². The molecule has 7 heteroatoms. The van der Waals surface area contributed by atoms with Crippen LogP contribution in [0.2, 0.25) is 0 Å². The summed E-state index contributed by atoms with van der Waals surface area (Å²) in [6.45, 7) is 3.69. The second-order valence-corrected chi connectivity index (χ2v) is 8.85. The quantitative estimate of drug-likeness (QED) is 0.433. The van der Waals surface area contributed by atoms with Gasteiger partial charge in [0.25, 0.3) is 10.1 Å². The van der Waals surface area contributed by atoms with Crippen LogP contribution in [0.15, 0.2) is 59.5 Å². The van der Waals surface area contributed by atoms with Crippen molar-refractivity contribution >= 4 is 10.1 Å². The van der Waals surface area contributed by atoms with Crippen LogP contribution in [0.1, 0.15) is 19.3 Å². The third-order valence-electron chi connectivity index (χ3n) is 5.04. The largest absolute Gasteiger partial charge is 0.497 e. The van der Waals surface area contributed by atoms with E-state index in [9.17, 15) is 8.42 Å². The van der Waals surface area contributed by atoms with Crippen molar-refractivity contribution in [2.45, 2.75) is 24.2 Å². The molecule has 1 heterocycles. The molecule has 0 spiro atoms. The van der Waals surface area contributed by atoms with Gasteiger partial charge in [-0.2, -0.15) is 8.42 Å². The third kappa shape index (κ3) is 6.73. The highest BCUT2D eigenvalue weighted by Crippen LogP contribution is 2.20. The number of rotatable bonds is 10. The molecule has 1 unspecified atom stereocenters. The lowest BCUT2D eigenvalue weighted by Crippen LogP contribution is -2.38. The number of hydrogen-bond acceptors (Lipinski definition) is 6. The second-order valence-electron chi connectivity index (χ2n) is 7.24. The van der Waals surface area contributed by atoms with E-state index in [1.54, 1.807) is 37.4 Å². The van der Waals surface area contributed by atoms with Gasteiger partial charge < -0.3 is 14.4 Å². The number of ether oxygens (including phenoxy) is 2. The van der Waals surface area contributed by atoms with Crippen molar-refractivity contribution in [3.8, 4) is 11.5 Å². The maximum absolute atomic E-state index is 12.3.